The lowest BCUT2D eigenvalue weighted by atomic mass is 10.2. The maximum absolute atomic E-state index is 5.76. The smallest absolute Gasteiger partial charge is 0.0894 e. The van der Waals surface area contributed by atoms with E-state index in [1.807, 2.05) is 24.3 Å². The molecule has 0 N–H and O–H groups in total. The van der Waals surface area contributed by atoms with E-state index in [-0.39, 0.29) is 0 Å². The molecule has 1 radical (unpaired) electrons. The van der Waals surface area contributed by atoms with Gasteiger partial charge in [-0.05, 0) is 18.2 Å². The highest BCUT2D eigenvalue weighted by Gasteiger charge is 1.92. The van der Waals surface area contributed by atoms with Gasteiger partial charge in [0, 0.05) is 10.4 Å². The fourth-order valence-corrected chi connectivity index (χ4v) is 1.15. The highest BCUT2D eigenvalue weighted by Crippen LogP contribution is 2.15. The van der Waals surface area contributed by atoms with Crippen LogP contribution in [0.4, 0.5) is 0 Å². The van der Waals surface area contributed by atoms with Crippen molar-refractivity contribution >= 4 is 22.5 Å². The molecule has 2 aromatic rings. The second-order valence-corrected chi connectivity index (χ2v) is 2.71. The first-order valence-corrected chi connectivity index (χ1v) is 3.66. The summed E-state index contributed by atoms with van der Waals surface area (Å²) in [6.07, 6.45) is 2.75. The first-order chi connectivity index (χ1) is 5.36. The van der Waals surface area contributed by atoms with Crippen LogP contribution in [0.3, 0.4) is 0 Å². The van der Waals surface area contributed by atoms with Crippen molar-refractivity contribution in [3.05, 3.63) is 41.6 Å². The first-order valence-electron chi connectivity index (χ1n) is 3.28. The summed E-state index contributed by atoms with van der Waals surface area (Å²) < 4.78 is 0. The van der Waals surface area contributed by atoms with Crippen molar-refractivity contribution < 1.29 is 0 Å². The average Bonchev–Trinajstić information content (AvgIpc) is 2.04. The Hall–Kier alpha value is -1.08. The Bertz CT molecular complexity index is 384. The Kier molecular flexibility index (Phi) is 1.51. The standard InChI is InChI=1S/C9H5ClN/c10-8-4-3-7-2-1-5-11-9(7)6-8/h1-4,6H. The number of aromatic nitrogens is 1. The van der Waals surface area contributed by atoms with E-state index < -0.39 is 0 Å². The largest absolute Gasteiger partial charge is 0.246 e. The van der Waals surface area contributed by atoms with E-state index in [4.69, 9.17) is 11.6 Å². The van der Waals surface area contributed by atoms with Crippen LogP contribution in [-0.2, 0) is 0 Å². The summed E-state index contributed by atoms with van der Waals surface area (Å²) in [5, 5.41) is 1.80. The molecule has 0 aliphatic carbocycles. The van der Waals surface area contributed by atoms with Crippen molar-refractivity contribution in [1.29, 1.82) is 0 Å². The van der Waals surface area contributed by atoms with Crippen molar-refractivity contribution in [3.63, 3.8) is 0 Å². The van der Waals surface area contributed by atoms with Gasteiger partial charge in [0.2, 0.25) is 0 Å². The summed E-state index contributed by atoms with van der Waals surface area (Å²) in [7, 11) is 0. The molecule has 0 aliphatic heterocycles. The summed E-state index contributed by atoms with van der Waals surface area (Å²) in [6, 6.07) is 9.37. The minimum absolute atomic E-state index is 0.713. The maximum atomic E-state index is 5.76. The molecule has 2 heteroatoms. The van der Waals surface area contributed by atoms with Crippen LogP contribution >= 0.6 is 11.6 Å². The number of rotatable bonds is 0. The summed E-state index contributed by atoms with van der Waals surface area (Å²) in [5.74, 6) is 0. The van der Waals surface area contributed by atoms with Gasteiger partial charge in [0.15, 0.2) is 0 Å². The van der Waals surface area contributed by atoms with Crippen molar-refractivity contribution in [2.45, 2.75) is 0 Å². The molecule has 1 aromatic carbocycles. The Morgan fingerprint density at radius 3 is 3.09 bits per heavy atom. The van der Waals surface area contributed by atoms with Crippen LogP contribution in [0, 0.1) is 6.20 Å². The number of fused-ring (bicyclic) bond motifs is 1. The lowest BCUT2D eigenvalue weighted by Crippen LogP contribution is -1.75. The van der Waals surface area contributed by atoms with Crippen molar-refractivity contribution in [1.82, 2.24) is 4.98 Å². The highest BCUT2D eigenvalue weighted by atomic mass is 35.5. The van der Waals surface area contributed by atoms with Gasteiger partial charge in [-0.25, -0.2) is 4.98 Å². The molecular formula is C9H5ClN. The Morgan fingerprint density at radius 1 is 1.27 bits per heavy atom. The average molecular weight is 163 g/mol. The van der Waals surface area contributed by atoms with Crippen molar-refractivity contribution in [2.24, 2.45) is 0 Å². The molecule has 0 aliphatic rings. The Morgan fingerprint density at radius 2 is 2.18 bits per heavy atom. The zero-order valence-electron chi connectivity index (χ0n) is 5.71. The molecule has 2 rings (SSSR count). The van der Waals surface area contributed by atoms with Gasteiger partial charge in [-0.15, -0.1) is 0 Å². The third-order valence-corrected chi connectivity index (χ3v) is 1.75. The quantitative estimate of drug-likeness (QED) is 0.581. The second kappa shape index (κ2) is 2.51. The predicted octanol–water partition coefficient (Wildman–Crippen LogP) is 2.69. The highest BCUT2D eigenvalue weighted by molar-refractivity contribution is 6.31. The van der Waals surface area contributed by atoms with Gasteiger partial charge in [0.1, 0.15) is 0 Å². The molecule has 1 heterocycles. The molecular weight excluding hydrogens is 158 g/mol. The molecule has 11 heavy (non-hydrogen) atoms. The first kappa shape index (κ1) is 6.62. The van der Waals surface area contributed by atoms with Gasteiger partial charge < -0.3 is 0 Å². The monoisotopic (exact) mass is 162 g/mol. The third kappa shape index (κ3) is 1.19. The fraction of sp³-hybridized carbons (Fsp3) is 0. The van der Waals surface area contributed by atoms with Crippen LogP contribution in [0.1, 0.15) is 0 Å². The number of pyridine rings is 1. The molecule has 0 atom stereocenters. The lowest BCUT2D eigenvalue weighted by Gasteiger charge is -1.94. The van der Waals surface area contributed by atoms with E-state index in [1.165, 1.54) is 0 Å². The Labute approximate surface area is 69.6 Å². The predicted molar refractivity (Wildman–Crippen MR) is 45.6 cm³/mol. The zero-order chi connectivity index (χ0) is 7.68. The molecule has 0 unspecified atom stereocenters. The summed E-state index contributed by atoms with van der Waals surface area (Å²) in [6.45, 7) is 0. The van der Waals surface area contributed by atoms with Crippen LogP contribution in [0.5, 0.6) is 0 Å². The Balaban J connectivity index is 2.83. The van der Waals surface area contributed by atoms with Crippen molar-refractivity contribution in [2.75, 3.05) is 0 Å². The molecule has 0 fully saturated rings. The van der Waals surface area contributed by atoms with E-state index in [0.717, 1.165) is 10.9 Å². The minimum Gasteiger partial charge on any atom is -0.246 e. The SMILES string of the molecule is Clc1ccc2cc[c]nc2c1. The van der Waals surface area contributed by atoms with Gasteiger partial charge >= 0.3 is 0 Å². The summed E-state index contributed by atoms with van der Waals surface area (Å²) in [5.41, 5.74) is 0.889. The van der Waals surface area contributed by atoms with Crippen LogP contribution in [0.15, 0.2) is 30.3 Å². The number of halogens is 1. The molecule has 0 bridgehead atoms. The fourth-order valence-electron chi connectivity index (χ4n) is 0.988. The minimum atomic E-state index is 0.713. The number of nitrogens with zero attached hydrogens (tertiary/aromatic N) is 1. The van der Waals surface area contributed by atoms with Crippen LogP contribution < -0.4 is 0 Å². The van der Waals surface area contributed by atoms with E-state index >= 15 is 0 Å². The van der Waals surface area contributed by atoms with Gasteiger partial charge in [-0.2, -0.15) is 0 Å². The van der Waals surface area contributed by atoms with Gasteiger partial charge in [0.05, 0.1) is 11.7 Å². The number of hydrogen-bond acceptors (Lipinski definition) is 1. The normalized spacial score (nSPS) is 10.3. The molecule has 1 nitrogen and oxygen atoms in total. The van der Waals surface area contributed by atoms with E-state index in [0.29, 0.717) is 5.02 Å². The van der Waals surface area contributed by atoms with Crippen LogP contribution in [0.2, 0.25) is 5.02 Å². The van der Waals surface area contributed by atoms with Gasteiger partial charge in [0.25, 0.3) is 0 Å². The molecule has 0 amide bonds. The van der Waals surface area contributed by atoms with E-state index in [1.54, 1.807) is 6.07 Å². The second-order valence-electron chi connectivity index (χ2n) is 2.28. The van der Waals surface area contributed by atoms with Crippen LogP contribution in [-0.4, -0.2) is 4.98 Å². The topological polar surface area (TPSA) is 12.9 Å². The summed E-state index contributed by atoms with van der Waals surface area (Å²) >= 11 is 5.76. The van der Waals surface area contributed by atoms with Gasteiger partial charge in [-0.3, -0.25) is 0 Å². The van der Waals surface area contributed by atoms with E-state index in [2.05, 4.69) is 11.2 Å². The molecule has 0 saturated carbocycles. The number of benzene rings is 1. The zero-order valence-corrected chi connectivity index (χ0v) is 6.47. The molecule has 0 spiro atoms. The van der Waals surface area contributed by atoms with Crippen LogP contribution in [0.25, 0.3) is 10.9 Å². The molecule has 0 saturated heterocycles. The molecule has 53 valence electrons. The van der Waals surface area contributed by atoms with Gasteiger partial charge in [-0.1, -0.05) is 23.7 Å². The van der Waals surface area contributed by atoms with Crippen molar-refractivity contribution in [3.8, 4) is 0 Å². The third-order valence-electron chi connectivity index (χ3n) is 1.51. The lowest BCUT2D eigenvalue weighted by molar-refractivity contribution is 1.39. The van der Waals surface area contributed by atoms with E-state index in [9.17, 15) is 0 Å². The maximum Gasteiger partial charge on any atom is 0.0894 e. The summed E-state index contributed by atoms with van der Waals surface area (Å²) in [4.78, 5) is 4.03. The number of hydrogen-bond donors (Lipinski definition) is 0. The molecule has 1 aromatic heterocycles.